The van der Waals surface area contributed by atoms with Crippen LogP contribution in [0, 0.1) is 6.92 Å². The molecule has 0 fully saturated rings. The maximum atomic E-state index is 5.73. The molecule has 1 heterocycles. The number of rotatable bonds is 5. The number of para-hydroxylation sites is 1. The van der Waals surface area contributed by atoms with E-state index in [1.54, 1.807) is 0 Å². The number of hydrogen-bond acceptors (Lipinski definition) is 5. The summed E-state index contributed by atoms with van der Waals surface area (Å²) in [6, 6.07) is 5.90. The van der Waals surface area contributed by atoms with Crippen molar-refractivity contribution in [2.24, 2.45) is 5.73 Å². The minimum atomic E-state index is 0.269. The van der Waals surface area contributed by atoms with E-state index in [4.69, 9.17) is 14.9 Å². The van der Waals surface area contributed by atoms with E-state index in [0.717, 1.165) is 23.3 Å². The van der Waals surface area contributed by atoms with Crippen molar-refractivity contribution in [1.29, 1.82) is 0 Å². The lowest BCUT2D eigenvalue weighted by Crippen LogP contribution is -2.04. The van der Waals surface area contributed by atoms with Crippen LogP contribution >= 0.6 is 0 Å². The van der Waals surface area contributed by atoms with Crippen LogP contribution in [-0.4, -0.2) is 10.2 Å². The Morgan fingerprint density at radius 3 is 2.72 bits per heavy atom. The third-order valence-corrected chi connectivity index (χ3v) is 2.66. The average molecular weight is 247 g/mol. The number of aromatic nitrogens is 2. The minimum absolute atomic E-state index is 0.269. The highest BCUT2D eigenvalue weighted by atomic mass is 16.5. The molecule has 0 amide bonds. The molecule has 0 saturated carbocycles. The zero-order valence-corrected chi connectivity index (χ0v) is 10.6. The Labute approximate surface area is 106 Å². The van der Waals surface area contributed by atoms with Gasteiger partial charge in [-0.05, 0) is 12.5 Å². The molecular formula is C13H17N3O2. The van der Waals surface area contributed by atoms with Gasteiger partial charge < -0.3 is 14.9 Å². The van der Waals surface area contributed by atoms with E-state index >= 15 is 0 Å². The van der Waals surface area contributed by atoms with Crippen molar-refractivity contribution in [3.63, 3.8) is 0 Å². The SMILES string of the molecule is CCc1nnc(COc2c(C)cccc2CN)o1. The molecule has 1 aromatic carbocycles. The lowest BCUT2D eigenvalue weighted by atomic mass is 10.1. The van der Waals surface area contributed by atoms with Gasteiger partial charge in [-0.2, -0.15) is 0 Å². The van der Waals surface area contributed by atoms with Crippen LogP contribution < -0.4 is 10.5 Å². The number of nitrogens with zero attached hydrogens (tertiary/aromatic N) is 2. The second-order valence-corrected chi connectivity index (χ2v) is 4.00. The first kappa shape index (κ1) is 12.6. The van der Waals surface area contributed by atoms with E-state index in [2.05, 4.69) is 10.2 Å². The Morgan fingerprint density at radius 1 is 1.28 bits per heavy atom. The molecule has 2 N–H and O–H groups in total. The van der Waals surface area contributed by atoms with Crippen LogP contribution in [0.5, 0.6) is 5.75 Å². The summed E-state index contributed by atoms with van der Waals surface area (Å²) in [6.07, 6.45) is 0.728. The Bertz CT molecular complexity index is 523. The molecule has 0 aliphatic heterocycles. The summed E-state index contributed by atoms with van der Waals surface area (Å²) in [7, 11) is 0. The zero-order chi connectivity index (χ0) is 13.0. The fourth-order valence-corrected chi connectivity index (χ4v) is 1.70. The van der Waals surface area contributed by atoms with Gasteiger partial charge in [-0.1, -0.05) is 25.1 Å². The molecule has 0 atom stereocenters. The van der Waals surface area contributed by atoms with E-state index in [1.165, 1.54) is 0 Å². The van der Waals surface area contributed by atoms with Crippen molar-refractivity contribution in [2.75, 3.05) is 0 Å². The Balaban J connectivity index is 2.10. The molecule has 0 radical (unpaired) electrons. The Hall–Kier alpha value is -1.88. The minimum Gasteiger partial charge on any atom is -0.483 e. The first-order chi connectivity index (χ1) is 8.74. The Morgan fingerprint density at radius 2 is 2.06 bits per heavy atom. The molecule has 1 aromatic heterocycles. The second kappa shape index (κ2) is 5.64. The van der Waals surface area contributed by atoms with Crippen LogP contribution in [0.25, 0.3) is 0 Å². The van der Waals surface area contributed by atoms with Crippen LogP contribution in [0.3, 0.4) is 0 Å². The summed E-state index contributed by atoms with van der Waals surface area (Å²) in [5.74, 6) is 1.91. The lowest BCUT2D eigenvalue weighted by molar-refractivity contribution is 0.255. The summed E-state index contributed by atoms with van der Waals surface area (Å²) < 4.78 is 11.1. The molecule has 0 bridgehead atoms. The highest BCUT2D eigenvalue weighted by Gasteiger charge is 2.09. The van der Waals surface area contributed by atoms with Gasteiger partial charge in [0.1, 0.15) is 5.75 Å². The molecule has 0 unspecified atom stereocenters. The van der Waals surface area contributed by atoms with E-state index in [-0.39, 0.29) is 6.61 Å². The standard InChI is InChI=1S/C13H17N3O2/c1-3-11-15-16-12(18-11)8-17-13-9(2)5-4-6-10(13)7-14/h4-6H,3,7-8,14H2,1-2H3. The van der Waals surface area contributed by atoms with Crippen molar-refractivity contribution < 1.29 is 9.15 Å². The molecule has 18 heavy (non-hydrogen) atoms. The predicted octanol–water partition coefficient (Wildman–Crippen LogP) is 1.98. The maximum Gasteiger partial charge on any atom is 0.253 e. The molecule has 5 nitrogen and oxygen atoms in total. The molecule has 0 aliphatic carbocycles. The smallest absolute Gasteiger partial charge is 0.253 e. The number of nitrogens with two attached hydrogens (primary N) is 1. The first-order valence-corrected chi connectivity index (χ1v) is 5.97. The summed E-state index contributed by atoms with van der Waals surface area (Å²) in [4.78, 5) is 0. The van der Waals surface area contributed by atoms with Crippen LogP contribution in [-0.2, 0) is 19.6 Å². The second-order valence-electron chi connectivity index (χ2n) is 4.00. The van der Waals surface area contributed by atoms with Crippen molar-refractivity contribution in [3.05, 3.63) is 41.1 Å². The van der Waals surface area contributed by atoms with Gasteiger partial charge in [0, 0.05) is 18.5 Å². The molecule has 2 rings (SSSR count). The van der Waals surface area contributed by atoms with Crippen molar-refractivity contribution in [1.82, 2.24) is 10.2 Å². The van der Waals surface area contributed by atoms with Gasteiger partial charge in [-0.15, -0.1) is 10.2 Å². The highest BCUT2D eigenvalue weighted by molar-refractivity contribution is 5.40. The molecular weight excluding hydrogens is 230 g/mol. The molecule has 96 valence electrons. The van der Waals surface area contributed by atoms with E-state index in [9.17, 15) is 0 Å². The van der Waals surface area contributed by atoms with Gasteiger partial charge in [-0.3, -0.25) is 0 Å². The van der Waals surface area contributed by atoms with Crippen molar-refractivity contribution >= 4 is 0 Å². The van der Waals surface area contributed by atoms with Crippen molar-refractivity contribution in [2.45, 2.75) is 33.4 Å². The summed E-state index contributed by atoms with van der Waals surface area (Å²) in [5.41, 5.74) is 7.71. The quantitative estimate of drug-likeness (QED) is 0.874. The van der Waals surface area contributed by atoms with Crippen molar-refractivity contribution in [3.8, 4) is 5.75 Å². The van der Waals surface area contributed by atoms with Gasteiger partial charge in [-0.25, -0.2) is 0 Å². The number of aryl methyl sites for hydroxylation is 2. The van der Waals surface area contributed by atoms with Gasteiger partial charge in [0.25, 0.3) is 5.89 Å². The molecule has 2 aromatic rings. The fraction of sp³-hybridized carbons (Fsp3) is 0.385. The predicted molar refractivity (Wildman–Crippen MR) is 67.1 cm³/mol. The van der Waals surface area contributed by atoms with Crippen LogP contribution in [0.1, 0.15) is 29.8 Å². The van der Waals surface area contributed by atoms with Crippen LogP contribution in [0.15, 0.2) is 22.6 Å². The topological polar surface area (TPSA) is 74.2 Å². The molecule has 0 aliphatic rings. The van der Waals surface area contributed by atoms with Crippen LogP contribution in [0.2, 0.25) is 0 Å². The fourth-order valence-electron chi connectivity index (χ4n) is 1.70. The third-order valence-electron chi connectivity index (χ3n) is 2.66. The monoisotopic (exact) mass is 247 g/mol. The highest BCUT2D eigenvalue weighted by Crippen LogP contribution is 2.23. The largest absolute Gasteiger partial charge is 0.483 e. The number of ether oxygens (including phenoxy) is 1. The summed E-state index contributed by atoms with van der Waals surface area (Å²) in [5, 5.41) is 7.80. The molecule has 5 heteroatoms. The lowest BCUT2D eigenvalue weighted by Gasteiger charge is -2.11. The van der Waals surface area contributed by atoms with Gasteiger partial charge in [0.15, 0.2) is 6.61 Å². The summed E-state index contributed by atoms with van der Waals surface area (Å²) >= 11 is 0. The number of hydrogen-bond donors (Lipinski definition) is 1. The number of benzene rings is 1. The normalized spacial score (nSPS) is 10.6. The molecule has 0 spiro atoms. The van der Waals surface area contributed by atoms with E-state index in [0.29, 0.717) is 18.3 Å². The average Bonchev–Trinajstić information content (AvgIpc) is 2.85. The third kappa shape index (κ3) is 2.68. The van der Waals surface area contributed by atoms with E-state index in [1.807, 2.05) is 32.0 Å². The maximum absolute atomic E-state index is 5.73. The van der Waals surface area contributed by atoms with E-state index < -0.39 is 0 Å². The Kier molecular flexibility index (Phi) is 3.94. The van der Waals surface area contributed by atoms with Gasteiger partial charge in [0.2, 0.25) is 5.89 Å². The zero-order valence-electron chi connectivity index (χ0n) is 10.6. The first-order valence-electron chi connectivity index (χ1n) is 5.97. The van der Waals surface area contributed by atoms with Gasteiger partial charge in [0.05, 0.1) is 0 Å². The molecule has 0 saturated heterocycles. The summed E-state index contributed by atoms with van der Waals surface area (Å²) in [6.45, 7) is 4.66. The van der Waals surface area contributed by atoms with Crippen LogP contribution in [0.4, 0.5) is 0 Å². The van der Waals surface area contributed by atoms with Gasteiger partial charge >= 0.3 is 0 Å².